The number of fused-ring (bicyclic) bond motifs is 1. The molecule has 2 aromatic carbocycles. The summed E-state index contributed by atoms with van der Waals surface area (Å²) in [6.45, 7) is 2.27. The number of carboxylic acid groups (broad SMARTS) is 1. The van der Waals surface area contributed by atoms with Crippen LogP contribution < -0.4 is 4.74 Å². The van der Waals surface area contributed by atoms with Crippen LogP contribution in [0.2, 0.25) is 0 Å². The Hall–Kier alpha value is -3.41. The van der Waals surface area contributed by atoms with Gasteiger partial charge in [-0.15, -0.1) is 0 Å². The third kappa shape index (κ3) is 3.31. The van der Waals surface area contributed by atoms with E-state index in [0.29, 0.717) is 17.9 Å². The van der Waals surface area contributed by atoms with Gasteiger partial charge in [-0.1, -0.05) is 30.3 Å². The Balaban J connectivity index is 1.61. The number of methoxy groups -OCH3 is 1. The predicted octanol–water partition coefficient (Wildman–Crippen LogP) is 3.64. The molecule has 0 aliphatic heterocycles. The summed E-state index contributed by atoms with van der Waals surface area (Å²) in [5, 5.41) is 10.4. The number of carboxylic acids is 1. The molecule has 0 radical (unpaired) electrons. The molecule has 0 spiro atoms. The smallest absolute Gasteiger partial charge is 0.317 e. The molecule has 6 nitrogen and oxygen atoms in total. The number of hydrogen-bond acceptors (Lipinski definition) is 5. The van der Waals surface area contributed by atoms with Gasteiger partial charge in [-0.05, 0) is 43.2 Å². The van der Waals surface area contributed by atoms with Gasteiger partial charge in [0.2, 0.25) is 0 Å². The van der Waals surface area contributed by atoms with Gasteiger partial charge in [0, 0.05) is 16.6 Å². The fraction of sp³-hybridized carbons (Fsp3) is 0.261. The molecule has 6 heteroatoms. The molecular formula is C23H21NO5. The molecular weight excluding hydrogens is 370 g/mol. The molecule has 4 rings (SSSR count). The van der Waals surface area contributed by atoms with E-state index in [-0.39, 0.29) is 6.42 Å². The van der Waals surface area contributed by atoms with E-state index in [1.807, 2.05) is 37.3 Å². The van der Waals surface area contributed by atoms with Gasteiger partial charge in [0.1, 0.15) is 17.8 Å². The average Bonchev–Trinajstić information content (AvgIpc) is 3.49. The summed E-state index contributed by atoms with van der Waals surface area (Å²) < 4.78 is 10.9. The van der Waals surface area contributed by atoms with E-state index in [0.717, 1.165) is 22.2 Å². The zero-order chi connectivity index (χ0) is 20.6. The molecule has 0 amide bonds. The summed E-state index contributed by atoms with van der Waals surface area (Å²) in [7, 11) is 1.28. The van der Waals surface area contributed by atoms with E-state index in [4.69, 9.17) is 9.47 Å². The van der Waals surface area contributed by atoms with Gasteiger partial charge in [-0.3, -0.25) is 14.6 Å². The first kappa shape index (κ1) is 18.9. The van der Waals surface area contributed by atoms with E-state index >= 15 is 0 Å². The maximum atomic E-state index is 12.4. The number of rotatable bonds is 6. The standard InChI is InChI=1S/C23H21NO5/c1-14-10-15(18-8-3-4-9-20(18)24-14)13-29-17-7-5-6-16(11-17)23(22(27)28-2)12-19(23)21(25)26/h3-11,19H,12-13H2,1-2H3,(H,25,26)/t19-,23-/m1/s1. The highest BCUT2D eigenvalue weighted by Crippen LogP contribution is 2.55. The Morgan fingerprint density at radius 2 is 1.97 bits per heavy atom. The summed E-state index contributed by atoms with van der Waals surface area (Å²) in [5.74, 6) is -1.74. The first-order chi connectivity index (χ1) is 14.0. The number of pyridine rings is 1. The van der Waals surface area contributed by atoms with Crippen molar-refractivity contribution in [1.82, 2.24) is 4.98 Å². The van der Waals surface area contributed by atoms with Crippen LogP contribution in [0, 0.1) is 12.8 Å². The number of hydrogen-bond donors (Lipinski definition) is 1. The van der Waals surface area contributed by atoms with Crippen LogP contribution in [0.25, 0.3) is 10.9 Å². The number of benzene rings is 2. The topological polar surface area (TPSA) is 85.7 Å². The quantitative estimate of drug-likeness (QED) is 0.646. The molecule has 0 saturated heterocycles. The van der Waals surface area contributed by atoms with Crippen molar-refractivity contribution < 1.29 is 24.2 Å². The van der Waals surface area contributed by atoms with Crippen molar-refractivity contribution in [1.29, 1.82) is 0 Å². The van der Waals surface area contributed by atoms with Crippen LogP contribution >= 0.6 is 0 Å². The molecule has 2 atom stereocenters. The molecule has 3 aromatic rings. The highest BCUT2D eigenvalue weighted by Gasteiger charge is 2.66. The third-order valence-electron chi connectivity index (χ3n) is 5.48. The van der Waals surface area contributed by atoms with Crippen molar-refractivity contribution >= 4 is 22.8 Å². The summed E-state index contributed by atoms with van der Waals surface area (Å²) in [4.78, 5) is 28.4. The van der Waals surface area contributed by atoms with Crippen molar-refractivity contribution in [2.24, 2.45) is 5.92 Å². The molecule has 29 heavy (non-hydrogen) atoms. The van der Waals surface area contributed by atoms with Crippen molar-refractivity contribution in [3.63, 3.8) is 0 Å². The zero-order valence-corrected chi connectivity index (χ0v) is 16.2. The Morgan fingerprint density at radius 1 is 1.17 bits per heavy atom. The van der Waals surface area contributed by atoms with Crippen LogP contribution in [-0.4, -0.2) is 29.1 Å². The number of aliphatic carboxylic acids is 1. The van der Waals surface area contributed by atoms with E-state index in [2.05, 4.69) is 4.98 Å². The number of ether oxygens (including phenoxy) is 2. The van der Waals surface area contributed by atoms with Crippen molar-refractivity contribution in [2.75, 3.05) is 7.11 Å². The van der Waals surface area contributed by atoms with Crippen LogP contribution in [-0.2, 0) is 26.3 Å². The van der Waals surface area contributed by atoms with Gasteiger partial charge < -0.3 is 14.6 Å². The first-order valence-corrected chi connectivity index (χ1v) is 9.35. The Morgan fingerprint density at radius 3 is 2.69 bits per heavy atom. The van der Waals surface area contributed by atoms with Crippen LogP contribution in [0.15, 0.2) is 54.6 Å². The number of para-hydroxylation sites is 1. The molecule has 0 unspecified atom stereocenters. The number of carbonyl (C=O) groups excluding carboxylic acids is 1. The second kappa shape index (κ2) is 7.20. The van der Waals surface area contributed by atoms with Crippen molar-refractivity contribution in [3.05, 3.63) is 71.4 Å². The van der Waals surface area contributed by atoms with Gasteiger partial charge in [0.15, 0.2) is 0 Å². The highest BCUT2D eigenvalue weighted by atomic mass is 16.5. The van der Waals surface area contributed by atoms with Gasteiger partial charge in [-0.25, -0.2) is 0 Å². The fourth-order valence-electron chi connectivity index (χ4n) is 3.94. The third-order valence-corrected chi connectivity index (χ3v) is 5.48. The highest BCUT2D eigenvalue weighted by molar-refractivity contribution is 5.95. The molecule has 1 aliphatic rings. The Labute approximate surface area is 168 Å². The van der Waals surface area contributed by atoms with E-state index in [1.165, 1.54) is 7.11 Å². The van der Waals surface area contributed by atoms with Crippen LogP contribution in [0.3, 0.4) is 0 Å². The van der Waals surface area contributed by atoms with Crippen LogP contribution in [0.1, 0.15) is 23.2 Å². The maximum absolute atomic E-state index is 12.4. The van der Waals surface area contributed by atoms with Crippen molar-refractivity contribution in [3.8, 4) is 5.75 Å². The molecule has 1 N–H and O–H groups in total. The predicted molar refractivity (Wildman–Crippen MR) is 107 cm³/mol. The lowest BCUT2D eigenvalue weighted by atomic mass is 9.93. The summed E-state index contributed by atoms with van der Waals surface area (Å²) in [6.07, 6.45) is 0.229. The number of aryl methyl sites for hydroxylation is 1. The minimum atomic E-state index is -1.14. The molecule has 1 aromatic heterocycles. The Bertz CT molecular complexity index is 1110. The van der Waals surface area contributed by atoms with Crippen LogP contribution in [0.5, 0.6) is 5.75 Å². The summed E-state index contributed by atoms with van der Waals surface area (Å²) in [5.41, 5.74) is 2.29. The van der Waals surface area contributed by atoms with Crippen LogP contribution in [0.4, 0.5) is 0 Å². The summed E-state index contributed by atoms with van der Waals surface area (Å²) in [6, 6.07) is 16.9. The molecule has 1 aliphatic carbocycles. The monoisotopic (exact) mass is 391 g/mol. The molecule has 1 fully saturated rings. The number of nitrogens with zero attached hydrogens (tertiary/aromatic N) is 1. The van der Waals surface area contributed by atoms with Crippen molar-refractivity contribution in [2.45, 2.75) is 25.4 Å². The second-order valence-electron chi connectivity index (χ2n) is 7.31. The molecule has 0 bridgehead atoms. The first-order valence-electron chi connectivity index (χ1n) is 9.35. The number of esters is 1. The van der Waals surface area contributed by atoms with Gasteiger partial charge in [0.25, 0.3) is 0 Å². The van der Waals surface area contributed by atoms with E-state index in [1.54, 1.807) is 24.3 Å². The largest absolute Gasteiger partial charge is 0.489 e. The number of aromatic nitrogens is 1. The SMILES string of the molecule is COC(=O)[C@@]1(c2cccc(OCc3cc(C)nc4ccccc34)c2)C[C@@H]1C(=O)O. The van der Waals surface area contributed by atoms with E-state index in [9.17, 15) is 14.7 Å². The fourth-order valence-corrected chi connectivity index (χ4v) is 3.94. The zero-order valence-electron chi connectivity index (χ0n) is 16.2. The normalized spacial score (nSPS) is 20.3. The minimum Gasteiger partial charge on any atom is -0.489 e. The number of carbonyl (C=O) groups is 2. The second-order valence-corrected chi connectivity index (χ2v) is 7.31. The lowest BCUT2D eigenvalue weighted by Crippen LogP contribution is -2.27. The van der Waals surface area contributed by atoms with E-state index < -0.39 is 23.3 Å². The Kier molecular flexibility index (Phi) is 4.70. The average molecular weight is 391 g/mol. The van der Waals surface area contributed by atoms with Gasteiger partial charge in [0.05, 0.1) is 18.5 Å². The lowest BCUT2D eigenvalue weighted by Gasteiger charge is -2.16. The van der Waals surface area contributed by atoms with Gasteiger partial charge in [-0.2, -0.15) is 0 Å². The molecule has 1 heterocycles. The maximum Gasteiger partial charge on any atom is 0.317 e. The van der Waals surface area contributed by atoms with Gasteiger partial charge >= 0.3 is 11.9 Å². The minimum absolute atomic E-state index is 0.229. The molecule has 1 saturated carbocycles. The summed E-state index contributed by atoms with van der Waals surface area (Å²) >= 11 is 0. The molecule has 148 valence electrons. The lowest BCUT2D eigenvalue weighted by molar-refractivity contribution is -0.148.